The van der Waals surface area contributed by atoms with Crippen LogP contribution in [0.2, 0.25) is 0 Å². The van der Waals surface area contributed by atoms with E-state index in [1.54, 1.807) is 44.4 Å². The lowest BCUT2D eigenvalue weighted by Crippen LogP contribution is -2.37. The number of hydrogen-bond acceptors (Lipinski definition) is 7. The van der Waals surface area contributed by atoms with E-state index in [-0.39, 0.29) is 24.0 Å². The molecule has 0 bridgehead atoms. The van der Waals surface area contributed by atoms with Crippen molar-refractivity contribution in [3.8, 4) is 11.5 Å². The third kappa shape index (κ3) is 4.68. The summed E-state index contributed by atoms with van der Waals surface area (Å²) < 4.78 is 22.6. The molecule has 1 aromatic carbocycles. The molecule has 1 saturated heterocycles. The number of rotatable bonds is 10. The first-order valence-electron chi connectivity index (χ1n) is 11.7. The molecular formula is C26H31NO7. The summed E-state index contributed by atoms with van der Waals surface area (Å²) in [6, 6.07) is 7.73. The number of methoxy groups -OCH3 is 1. The van der Waals surface area contributed by atoms with Crippen LogP contribution in [0.5, 0.6) is 11.5 Å². The minimum Gasteiger partial charge on any atom is -0.503 e. The molecule has 34 heavy (non-hydrogen) atoms. The van der Waals surface area contributed by atoms with Gasteiger partial charge >= 0.3 is 0 Å². The quantitative estimate of drug-likeness (QED) is 0.403. The number of aliphatic hydroxyl groups is 1. The van der Waals surface area contributed by atoms with Gasteiger partial charge in [0.1, 0.15) is 5.76 Å². The number of ketones is 1. The summed E-state index contributed by atoms with van der Waals surface area (Å²) in [5, 5.41) is 10.8. The monoisotopic (exact) mass is 469 g/mol. The van der Waals surface area contributed by atoms with Crippen molar-refractivity contribution in [2.45, 2.75) is 51.7 Å². The van der Waals surface area contributed by atoms with E-state index in [1.165, 1.54) is 4.90 Å². The van der Waals surface area contributed by atoms with E-state index in [0.29, 0.717) is 36.0 Å². The SMILES string of the molecule is CCCCOc1ccc(C2C(C(=O)c3ccc(C)o3)=C(O)C(=O)N2CC2CCCO2)cc1OC. The molecule has 1 aromatic heterocycles. The number of nitrogens with zero attached hydrogens (tertiary/aromatic N) is 1. The number of furan rings is 1. The molecule has 4 rings (SSSR count). The summed E-state index contributed by atoms with van der Waals surface area (Å²) in [5.74, 6) is 0.0142. The van der Waals surface area contributed by atoms with Gasteiger partial charge in [-0.1, -0.05) is 19.4 Å². The summed E-state index contributed by atoms with van der Waals surface area (Å²) in [6.45, 7) is 5.27. The lowest BCUT2D eigenvalue weighted by molar-refractivity contribution is -0.131. The Morgan fingerprint density at radius 1 is 1.24 bits per heavy atom. The Kier molecular flexibility index (Phi) is 7.26. The van der Waals surface area contributed by atoms with Gasteiger partial charge in [-0.3, -0.25) is 9.59 Å². The van der Waals surface area contributed by atoms with Gasteiger partial charge in [0, 0.05) is 13.2 Å². The molecule has 2 unspecified atom stereocenters. The van der Waals surface area contributed by atoms with Crippen LogP contribution in [0.3, 0.4) is 0 Å². The van der Waals surface area contributed by atoms with Crippen molar-refractivity contribution in [3.05, 3.63) is 58.7 Å². The number of unbranched alkanes of at least 4 members (excludes halogenated alkanes) is 1. The van der Waals surface area contributed by atoms with Gasteiger partial charge in [0.05, 0.1) is 31.4 Å². The summed E-state index contributed by atoms with van der Waals surface area (Å²) in [4.78, 5) is 28.0. The molecule has 0 radical (unpaired) electrons. The van der Waals surface area contributed by atoms with Crippen molar-refractivity contribution < 1.29 is 33.3 Å². The van der Waals surface area contributed by atoms with Gasteiger partial charge in [-0.15, -0.1) is 0 Å². The number of amides is 1. The molecule has 2 aliphatic heterocycles. The van der Waals surface area contributed by atoms with E-state index < -0.39 is 23.5 Å². The van der Waals surface area contributed by atoms with Gasteiger partial charge in [0.2, 0.25) is 5.78 Å². The highest BCUT2D eigenvalue weighted by Crippen LogP contribution is 2.42. The predicted octanol–water partition coefficient (Wildman–Crippen LogP) is 4.53. The number of aryl methyl sites for hydroxylation is 1. The largest absolute Gasteiger partial charge is 0.503 e. The zero-order valence-electron chi connectivity index (χ0n) is 19.8. The minimum atomic E-state index is -0.812. The molecule has 1 amide bonds. The fourth-order valence-electron chi connectivity index (χ4n) is 4.42. The van der Waals surface area contributed by atoms with Gasteiger partial charge < -0.3 is 28.6 Å². The van der Waals surface area contributed by atoms with Crippen LogP contribution in [0.4, 0.5) is 0 Å². The molecule has 3 heterocycles. The molecule has 8 heteroatoms. The maximum atomic E-state index is 13.4. The molecule has 1 fully saturated rings. The van der Waals surface area contributed by atoms with Gasteiger partial charge in [-0.05, 0) is 56.0 Å². The van der Waals surface area contributed by atoms with Crippen molar-refractivity contribution in [3.63, 3.8) is 0 Å². The fraction of sp³-hybridized carbons (Fsp3) is 0.462. The van der Waals surface area contributed by atoms with E-state index in [4.69, 9.17) is 18.6 Å². The molecule has 2 aromatic rings. The fourth-order valence-corrected chi connectivity index (χ4v) is 4.42. The number of aliphatic hydroxyl groups excluding tert-OH is 1. The maximum Gasteiger partial charge on any atom is 0.290 e. The molecule has 182 valence electrons. The van der Waals surface area contributed by atoms with Crippen LogP contribution in [0, 0.1) is 6.92 Å². The topological polar surface area (TPSA) is 98.4 Å². The molecule has 2 aliphatic rings. The number of carbonyl (C=O) groups excluding carboxylic acids is 2. The lowest BCUT2D eigenvalue weighted by Gasteiger charge is -2.29. The summed E-state index contributed by atoms with van der Waals surface area (Å²) in [7, 11) is 1.54. The third-order valence-electron chi connectivity index (χ3n) is 6.20. The van der Waals surface area contributed by atoms with Crippen LogP contribution in [0.25, 0.3) is 0 Å². The maximum absolute atomic E-state index is 13.4. The second-order valence-electron chi connectivity index (χ2n) is 8.61. The van der Waals surface area contributed by atoms with Crippen LogP contribution in [0.1, 0.15) is 60.5 Å². The Labute approximate surface area is 199 Å². The molecule has 0 aliphatic carbocycles. The van der Waals surface area contributed by atoms with Crippen LogP contribution in [-0.2, 0) is 9.53 Å². The lowest BCUT2D eigenvalue weighted by atomic mass is 9.94. The standard InChI is InChI=1S/C26H31NO7/c1-4-5-12-33-19-11-9-17(14-21(19)31-3)23-22(24(28)20-10-8-16(2)34-20)25(29)26(30)27(23)15-18-7-6-13-32-18/h8-11,14,18,23,29H,4-7,12-13,15H2,1-3H3. The predicted molar refractivity (Wildman–Crippen MR) is 124 cm³/mol. The summed E-state index contributed by atoms with van der Waals surface area (Å²) >= 11 is 0. The van der Waals surface area contributed by atoms with Crippen LogP contribution in [-0.4, -0.2) is 54.7 Å². The van der Waals surface area contributed by atoms with Crippen LogP contribution >= 0.6 is 0 Å². The van der Waals surface area contributed by atoms with Crippen molar-refractivity contribution in [2.24, 2.45) is 0 Å². The Bertz CT molecular complexity index is 1080. The zero-order chi connectivity index (χ0) is 24.2. The molecular weight excluding hydrogens is 438 g/mol. The second kappa shape index (κ2) is 10.3. The summed E-state index contributed by atoms with van der Waals surface area (Å²) in [6.07, 6.45) is 3.48. The average Bonchev–Trinajstić information content (AvgIpc) is 3.56. The smallest absolute Gasteiger partial charge is 0.290 e. The number of benzene rings is 1. The first kappa shape index (κ1) is 23.9. The molecule has 1 N–H and O–H groups in total. The van der Waals surface area contributed by atoms with E-state index in [9.17, 15) is 14.7 Å². The van der Waals surface area contributed by atoms with Crippen molar-refractivity contribution >= 4 is 11.7 Å². The van der Waals surface area contributed by atoms with Gasteiger partial charge in [-0.2, -0.15) is 0 Å². The van der Waals surface area contributed by atoms with Crippen molar-refractivity contribution in [1.29, 1.82) is 0 Å². The van der Waals surface area contributed by atoms with Crippen LogP contribution in [0.15, 0.2) is 46.1 Å². The summed E-state index contributed by atoms with van der Waals surface area (Å²) in [5.41, 5.74) is 0.612. The highest BCUT2D eigenvalue weighted by molar-refractivity contribution is 6.15. The zero-order valence-corrected chi connectivity index (χ0v) is 19.8. The third-order valence-corrected chi connectivity index (χ3v) is 6.20. The molecule has 0 saturated carbocycles. The Morgan fingerprint density at radius 3 is 2.71 bits per heavy atom. The molecule has 2 atom stereocenters. The van der Waals surface area contributed by atoms with Gasteiger partial charge in [0.25, 0.3) is 5.91 Å². The minimum absolute atomic E-state index is 0.0148. The number of Topliss-reactive ketones (excluding diaryl/α,β-unsaturated/α-hetero) is 1. The van der Waals surface area contributed by atoms with Crippen LogP contribution < -0.4 is 9.47 Å². The number of ether oxygens (including phenoxy) is 3. The Morgan fingerprint density at radius 2 is 2.06 bits per heavy atom. The first-order valence-corrected chi connectivity index (χ1v) is 11.7. The highest BCUT2D eigenvalue weighted by atomic mass is 16.5. The average molecular weight is 470 g/mol. The van der Waals surface area contributed by atoms with Crippen molar-refractivity contribution in [1.82, 2.24) is 4.90 Å². The van der Waals surface area contributed by atoms with E-state index in [2.05, 4.69) is 6.92 Å². The van der Waals surface area contributed by atoms with E-state index in [0.717, 1.165) is 25.7 Å². The molecule has 0 spiro atoms. The molecule has 8 nitrogen and oxygen atoms in total. The Hall–Kier alpha value is -3.26. The van der Waals surface area contributed by atoms with Crippen molar-refractivity contribution in [2.75, 3.05) is 26.9 Å². The first-order chi connectivity index (χ1) is 16.4. The number of carbonyl (C=O) groups is 2. The highest BCUT2D eigenvalue weighted by Gasteiger charge is 2.45. The second-order valence-corrected chi connectivity index (χ2v) is 8.61. The van der Waals surface area contributed by atoms with Gasteiger partial charge in [0.15, 0.2) is 23.0 Å². The number of hydrogen-bond donors (Lipinski definition) is 1. The Balaban J connectivity index is 1.73. The van der Waals surface area contributed by atoms with E-state index in [1.807, 2.05) is 0 Å². The van der Waals surface area contributed by atoms with Gasteiger partial charge in [-0.25, -0.2) is 0 Å². The normalized spacial score (nSPS) is 20.3. The van der Waals surface area contributed by atoms with E-state index >= 15 is 0 Å².